The lowest BCUT2D eigenvalue weighted by Gasteiger charge is -2.22. The van der Waals surface area contributed by atoms with Crippen molar-refractivity contribution in [3.8, 4) is 0 Å². The second kappa shape index (κ2) is 8.59. The van der Waals surface area contributed by atoms with Crippen LogP contribution in [0.2, 0.25) is 0 Å². The van der Waals surface area contributed by atoms with E-state index in [2.05, 4.69) is 0 Å². The molecule has 1 atom stereocenters. The number of para-hydroxylation sites is 1. The molecule has 35 heavy (non-hydrogen) atoms. The number of thiazole rings is 1. The molecule has 0 spiro atoms. The minimum atomic E-state index is -0.661. The Morgan fingerprint density at radius 2 is 1.74 bits per heavy atom. The predicted molar refractivity (Wildman–Crippen MR) is 131 cm³/mol. The number of amides is 2. The maximum atomic E-state index is 13.7. The number of imide groups is 1. The third-order valence-electron chi connectivity index (χ3n) is 6.00. The first kappa shape index (κ1) is 22.7. The van der Waals surface area contributed by atoms with Gasteiger partial charge in [0.1, 0.15) is 10.6 Å². The molecule has 0 aliphatic carbocycles. The monoisotopic (exact) mass is 487 g/mol. The van der Waals surface area contributed by atoms with Crippen molar-refractivity contribution in [2.24, 2.45) is 4.99 Å². The number of hydrogen-bond donors (Lipinski definition) is 0. The van der Waals surface area contributed by atoms with Crippen molar-refractivity contribution in [3.05, 3.63) is 91.0 Å². The molecule has 0 saturated carbocycles. The van der Waals surface area contributed by atoms with Crippen molar-refractivity contribution in [1.29, 1.82) is 0 Å². The summed E-state index contributed by atoms with van der Waals surface area (Å²) in [5.41, 5.74) is 2.09. The van der Waals surface area contributed by atoms with E-state index >= 15 is 0 Å². The van der Waals surface area contributed by atoms with Crippen LogP contribution in [0.5, 0.6) is 0 Å². The zero-order valence-corrected chi connectivity index (χ0v) is 20.1. The second-order valence-electron chi connectivity index (χ2n) is 8.07. The Bertz CT molecular complexity index is 1610. The molecule has 0 saturated heterocycles. The highest BCUT2D eigenvalue weighted by molar-refractivity contribution is 7.07. The highest BCUT2D eigenvalue weighted by Gasteiger charge is 2.37. The van der Waals surface area contributed by atoms with Gasteiger partial charge in [-0.1, -0.05) is 59.9 Å². The SMILES string of the molecule is CCOC(=O)C1=C(C)n2c(sc(=C3C(=O)N(C(C)=O)c4ccccc43)c2=O)=NC1c1ccccc1. The van der Waals surface area contributed by atoms with Gasteiger partial charge in [-0.3, -0.25) is 19.0 Å². The molecule has 2 aliphatic heterocycles. The van der Waals surface area contributed by atoms with E-state index in [1.54, 1.807) is 38.1 Å². The van der Waals surface area contributed by atoms with Gasteiger partial charge < -0.3 is 4.74 Å². The third kappa shape index (κ3) is 3.47. The molecule has 0 fully saturated rings. The van der Waals surface area contributed by atoms with E-state index in [0.29, 0.717) is 21.7 Å². The van der Waals surface area contributed by atoms with Crippen LogP contribution in [-0.2, 0) is 19.1 Å². The number of esters is 1. The number of carbonyl (C=O) groups excluding carboxylic acids is 3. The van der Waals surface area contributed by atoms with E-state index in [1.807, 2.05) is 30.3 Å². The Morgan fingerprint density at radius 3 is 2.43 bits per heavy atom. The summed E-state index contributed by atoms with van der Waals surface area (Å²) in [5.74, 6) is -1.54. The van der Waals surface area contributed by atoms with Gasteiger partial charge in [0, 0.05) is 18.2 Å². The number of nitrogens with zero attached hydrogens (tertiary/aromatic N) is 3. The van der Waals surface area contributed by atoms with Gasteiger partial charge in [0.2, 0.25) is 5.91 Å². The van der Waals surface area contributed by atoms with Gasteiger partial charge in [0.15, 0.2) is 4.80 Å². The summed E-state index contributed by atoms with van der Waals surface area (Å²) < 4.78 is 6.82. The van der Waals surface area contributed by atoms with Crippen molar-refractivity contribution in [3.63, 3.8) is 0 Å². The van der Waals surface area contributed by atoms with Crippen LogP contribution in [0.15, 0.2) is 70.0 Å². The van der Waals surface area contributed by atoms with Crippen LogP contribution in [0.25, 0.3) is 11.3 Å². The lowest BCUT2D eigenvalue weighted by Crippen LogP contribution is -2.37. The van der Waals surface area contributed by atoms with Gasteiger partial charge in [0.05, 0.1) is 23.4 Å². The van der Waals surface area contributed by atoms with E-state index in [9.17, 15) is 19.2 Å². The average molecular weight is 488 g/mol. The fourth-order valence-corrected chi connectivity index (χ4v) is 5.62. The number of benzene rings is 2. The molecule has 2 amide bonds. The number of ether oxygens (including phenoxy) is 1. The number of rotatable bonds is 3. The summed E-state index contributed by atoms with van der Waals surface area (Å²) in [6.07, 6.45) is 0. The molecule has 2 aliphatic rings. The molecule has 9 heteroatoms. The normalized spacial score (nSPS) is 18.2. The van der Waals surface area contributed by atoms with E-state index in [1.165, 1.54) is 11.5 Å². The number of fused-ring (bicyclic) bond motifs is 2. The van der Waals surface area contributed by atoms with Crippen LogP contribution >= 0.6 is 11.3 Å². The zero-order valence-electron chi connectivity index (χ0n) is 19.3. The number of anilines is 1. The van der Waals surface area contributed by atoms with Gasteiger partial charge in [-0.2, -0.15) is 0 Å². The summed E-state index contributed by atoms with van der Waals surface area (Å²) >= 11 is 1.07. The summed E-state index contributed by atoms with van der Waals surface area (Å²) in [4.78, 5) is 58.4. The maximum absolute atomic E-state index is 13.7. The first-order valence-electron chi connectivity index (χ1n) is 11.1. The minimum absolute atomic E-state index is 0.157. The maximum Gasteiger partial charge on any atom is 0.338 e. The molecule has 1 aromatic heterocycles. The van der Waals surface area contributed by atoms with Crippen LogP contribution in [0.3, 0.4) is 0 Å². The van der Waals surface area contributed by atoms with Crippen molar-refractivity contribution in [1.82, 2.24) is 4.57 Å². The molecule has 176 valence electrons. The molecule has 5 rings (SSSR count). The number of allylic oxidation sites excluding steroid dienone is 1. The fourth-order valence-electron chi connectivity index (χ4n) is 4.49. The van der Waals surface area contributed by atoms with Crippen molar-refractivity contribution in [2.75, 3.05) is 11.5 Å². The topological polar surface area (TPSA) is 98.0 Å². The largest absolute Gasteiger partial charge is 0.463 e. The van der Waals surface area contributed by atoms with E-state index in [0.717, 1.165) is 21.8 Å². The first-order valence-corrected chi connectivity index (χ1v) is 11.9. The van der Waals surface area contributed by atoms with E-state index in [-0.39, 0.29) is 22.3 Å². The van der Waals surface area contributed by atoms with Gasteiger partial charge >= 0.3 is 5.97 Å². The highest BCUT2D eigenvalue weighted by Crippen LogP contribution is 2.35. The Hall–Kier alpha value is -4.11. The standard InChI is InChI=1S/C26H21N3O5S/c1-4-34-25(33)19-14(2)28-24(32)22(35-26(28)27-21(19)16-10-6-5-7-11-16)20-17-12-8-9-13-18(17)29(15(3)30)23(20)31/h5-13,21H,4H2,1-3H3. The molecule has 0 bridgehead atoms. The molecular weight excluding hydrogens is 466 g/mol. The lowest BCUT2D eigenvalue weighted by molar-refractivity contribution is -0.138. The van der Waals surface area contributed by atoms with Crippen molar-refractivity contribution in [2.45, 2.75) is 26.8 Å². The number of hydrogen-bond acceptors (Lipinski definition) is 7. The smallest absolute Gasteiger partial charge is 0.338 e. The fraction of sp³-hybridized carbons (Fsp3) is 0.192. The van der Waals surface area contributed by atoms with E-state index in [4.69, 9.17) is 9.73 Å². The van der Waals surface area contributed by atoms with E-state index < -0.39 is 29.4 Å². The van der Waals surface area contributed by atoms with Crippen LogP contribution in [-0.4, -0.2) is 29.0 Å². The molecule has 2 aromatic carbocycles. The Morgan fingerprint density at radius 1 is 1.06 bits per heavy atom. The van der Waals surface area contributed by atoms with Crippen LogP contribution in [0.4, 0.5) is 5.69 Å². The predicted octanol–water partition coefficient (Wildman–Crippen LogP) is 2.17. The van der Waals surface area contributed by atoms with Crippen molar-refractivity contribution >= 4 is 46.1 Å². The Balaban J connectivity index is 1.83. The summed E-state index contributed by atoms with van der Waals surface area (Å²) in [6.45, 7) is 4.88. The zero-order chi connectivity index (χ0) is 24.9. The molecular formula is C26H21N3O5S. The minimum Gasteiger partial charge on any atom is -0.463 e. The third-order valence-corrected chi connectivity index (χ3v) is 7.06. The Kier molecular flexibility index (Phi) is 5.56. The average Bonchev–Trinajstić information content (AvgIpc) is 3.32. The molecule has 8 nitrogen and oxygen atoms in total. The summed E-state index contributed by atoms with van der Waals surface area (Å²) in [5, 5.41) is 0. The number of carbonyl (C=O) groups is 3. The number of aromatic nitrogens is 1. The summed E-state index contributed by atoms with van der Waals surface area (Å²) in [7, 11) is 0. The molecule has 1 unspecified atom stereocenters. The molecule has 3 aromatic rings. The van der Waals surface area contributed by atoms with Crippen LogP contribution in [0.1, 0.15) is 37.9 Å². The molecule has 3 heterocycles. The summed E-state index contributed by atoms with van der Waals surface area (Å²) in [6, 6.07) is 15.5. The second-order valence-corrected chi connectivity index (χ2v) is 9.05. The molecule has 0 N–H and O–H groups in total. The quantitative estimate of drug-likeness (QED) is 0.528. The van der Waals surface area contributed by atoms with Crippen LogP contribution < -0.4 is 19.8 Å². The van der Waals surface area contributed by atoms with Crippen LogP contribution in [0, 0.1) is 0 Å². The van der Waals surface area contributed by atoms with Gasteiger partial charge in [-0.15, -0.1) is 0 Å². The molecule has 0 radical (unpaired) electrons. The first-order chi connectivity index (χ1) is 16.8. The van der Waals surface area contributed by atoms with Gasteiger partial charge in [-0.05, 0) is 25.5 Å². The van der Waals surface area contributed by atoms with Gasteiger partial charge in [0.25, 0.3) is 11.5 Å². The van der Waals surface area contributed by atoms with Gasteiger partial charge in [-0.25, -0.2) is 14.7 Å². The van der Waals surface area contributed by atoms with Crippen molar-refractivity contribution < 1.29 is 19.1 Å². The highest BCUT2D eigenvalue weighted by atomic mass is 32.1. The lowest BCUT2D eigenvalue weighted by atomic mass is 9.97. The Labute approximate surface area is 204 Å².